The van der Waals surface area contributed by atoms with Crippen LogP contribution in [0.25, 0.3) is 11.2 Å². The van der Waals surface area contributed by atoms with Gasteiger partial charge in [0.15, 0.2) is 11.2 Å². The van der Waals surface area contributed by atoms with Crippen molar-refractivity contribution in [2.45, 2.75) is 13.2 Å². The number of hydrogen-bond donors (Lipinski definition) is 1. The van der Waals surface area contributed by atoms with Gasteiger partial charge in [-0.1, -0.05) is 30.3 Å². The maximum atomic E-state index is 11.8. The van der Waals surface area contributed by atoms with Crippen molar-refractivity contribution in [1.82, 2.24) is 19.9 Å². The molecular formula is C14H12N4O2. The first-order valence-electron chi connectivity index (χ1n) is 6.14. The van der Waals surface area contributed by atoms with E-state index in [1.165, 1.54) is 12.4 Å². The van der Waals surface area contributed by atoms with Crippen LogP contribution in [0.2, 0.25) is 0 Å². The predicted octanol–water partition coefficient (Wildman–Crippen LogP) is 1.43. The third-order valence-corrected chi connectivity index (χ3v) is 2.74. The Bertz CT molecular complexity index is 771. The van der Waals surface area contributed by atoms with Crippen LogP contribution in [-0.2, 0) is 18.0 Å². The molecule has 6 nitrogen and oxygen atoms in total. The van der Waals surface area contributed by atoms with Gasteiger partial charge < -0.3 is 9.72 Å². The van der Waals surface area contributed by atoms with Crippen molar-refractivity contribution >= 4 is 11.2 Å². The summed E-state index contributed by atoms with van der Waals surface area (Å²) in [6.07, 6.45) is 2.97. The lowest BCUT2D eigenvalue weighted by Crippen LogP contribution is -2.14. The van der Waals surface area contributed by atoms with Crippen LogP contribution in [0.4, 0.5) is 0 Å². The summed E-state index contributed by atoms with van der Waals surface area (Å²) in [4.78, 5) is 26.6. The zero-order valence-corrected chi connectivity index (χ0v) is 10.6. The fourth-order valence-corrected chi connectivity index (χ4v) is 1.83. The van der Waals surface area contributed by atoms with Crippen molar-refractivity contribution < 1.29 is 4.74 Å². The summed E-state index contributed by atoms with van der Waals surface area (Å²) in [6, 6.07) is 9.80. The van der Waals surface area contributed by atoms with Crippen molar-refractivity contribution in [1.29, 1.82) is 0 Å². The van der Waals surface area contributed by atoms with Gasteiger partial charge >= 0.3 is 0 Å². The molecule has 2 aromatic heterocycles. The molecule has 0 saturated heterocycles. The number of aromatic amines is 1. The largest absolute Gasteiger partial charge is 0.369 e. The normalized spacial score (nSPS) is 10.8. The summed E-state index contributed by atoms with van der Waals surface area (Å²) in [5.74, 6) is 0.443. The SMILES string of the molecule is O=c1[nH]c(COCc2ccccc2)nc2nccnc12. The second-order valence-corrected chi connectivity index (χ2v) is 4.22. The van der Waals surface area contributed by atoms with Crippen LogP contribution in [0.5, 0.6) is 0 Å². The third-order valence-electron chi connectivity index (χ3n) is 2.74. The van der Waals surface area contributed by atoms with E-state index in [9.17, 15) is 4.79 Å². The predicted molar refractivity (Wildman–Crippen MR) is 72.9 cm³/mol. The van der Waals surface area contributed by atoms with Gasteiger partial charge in [-0.25, -0.2) is 15.0 Å². The van der Waals surface area contributed by atoms with Crippen LogP contribution in [0.3, 0.4) is 0 Å². The quantitative estimate of drug-likeness (QED) is 0.774. The summed E-state index contributed by atoms with van der Waals surface area (Å²) >= 11 is 0. The third kappa shape index (κ3) is 2.70. The number of H-pyrrole nitrogens is 1. The maximum absolute atomic E-state index is 11.8. The van der Waals surface area contributed by atoms with Gasteiger partial charge in [0.1, 0.15) is 12.4 Å². The minimum atomic E-state index is -0.304. The molecule has 0 radical (unpaired) electrons. The molecule has 100 valence electrons. The molecule has 3 aromatic rings. The standard InChI is InChI=1S/C14H12N4O2/c19-14-12-13(16-7-6-15-12)17-11(18-14)9-20-8-10-4-2-1-3-5-10/h1-7H,8-9H2,(H,16,17,18,19). The number of nitrogens with zero attached hydrogens (tertiary/aromatic N) is 3. The molecule has 0 saturated carbocycles. The van der Waals surface area contributed by atoms with Crippen LogP contribution in [-0.4, -0.2) is 19.9 Å². The first-order chi connectivity index (χ1) is 9.83. The smallest absolute Gasteiger partial charge is 0.279 e. The second-order valence-electron chi connectivity index (χ2n) is 4.22. The van der Waals surface area contributed by atoms with E-state index in [-0.39, 0.29) is 17.7 Å². The summed E-state index contributed by atoms with van der Waals surface area (Å²) in [7, 11) is 0. The van der Waals surface area contributed by atoms with Crippen molar-refractivity contribution in [2.75, 3.05) is 0 Å². The molecule has 6 heteroatoms. The van der Waals surface area contributed by atoms with Crippen molar-refractivity contribution in [3.05, 3.63) is 64.5 Å². The summed E-state index contributed by atoms with van der Waals surface area (Å²) in [6.45, 7) is 0.680. The number of fused-ring (bicyclic) bond motifs is 1. The fourth-order valence-electron chi connectivity index (χ4n) is 1.83. The van der Waals surface area contributed by atoms with E-state index >= 15 is 0 Å². The summed E-state index contributed by atoms with van der Waals surface area (Å²) < 4.78 is 5.53. The molecular weight excluding hydrogens is 256 g/mol. The van der Waals surface area contributed by atoms with Crippen LogP contribution in [0.1, 0.15) is 11.4 Å². The van der Waals surface area contributed by atoms with E-state index in [1.807, 2.05) is 30.3 Å². The fraction of sp³-hybridized carbons (Fsp3) is 0.143. The van der Waals surface area contributed by atoms with Gasteiger partial charge in [0.25, 0.3) is 5.56 Å². The molecule has 1 aromatic carbocycles. The van der Waals surface area contributed by atoms with Gasteiger partial charge in [-0.3, -0.25) is 4.79 Å². The second kappa shape index (κ2) is 5.58. The topological polar surface area (TPSA) is 80.8 Å². The molecule has 0 bridgehead atoms. The Hall–Kier alpha value is -2.60. The van der Waals surface area contributed by atoms with Crippen molar-refractivity contribution in [2.24, 2.45) is 0 Å². The van der Waals surface area contributed by atoms with E-state index in [0.29, 0.717) is 18.1 Å². The minimum Gasteiger partial charge on any atom is -0.369 e. The molecule has 2 heterocycles. The molecule has 0 amide bonds. The highest BCUT2D eigenvalue weighted by atomic mass is 16.5. The lowest BCUT2D eigenvalue weighted by molar-refractivity contribution is 0.102. The maximum Gasteiger partial charge on any atom is 0.279 e. The highest BCUT2D eigenvalue weighted by Crippen LogP contribution is 2.04. The average Bonchev–Trinajstić information content (AvgIpc) is 2.48. The van der Waals surface area contributed by atoms with Gasteiger partial charge in [-0.05, 0) is 5.56 Å². The summed E-state index contributed by atoms with van der Waals surface area (Å²) in [5, 5.41) is 0. The monoisotopic (exact) mass is 268 g/mol. The molecule has 0 unspecified atom stereocenters. The number of benzene rings is 1. The molecule has 0 aliphatic rings. The van der Waals surface area contributed by atoms with E-state index in [0.717, 1.165) is 5.56 Å². The van der Waals surface area contributed by atoms with Crippen molar-refractivity contribution in [3.8, 4) is 0 Å². The van der Waals surface area contributed by atoms with E-state index in [1.54, 1.807) is 0 Å². The molecule has 3 rings (SSSR count). The van der Waals surface area contributed by atoms with E-state index in [2.05, 4.69) is 19.9 Å². The van der Waals surface area contributed by atoms with Gasteiger partial charge in [0.05, 0.1) is 6.61 Å². The zero-order chi connectivity index (χ0) is 13.8. The molecule has 0 aliphatic carbocycles. The first kappa shape index (κ1) is 12.4. The Balaban J connectivity index is 1.73. The van der Waals surface area contributed by atoms with Gasteiger partial charge in [-0.15, -0.1) is 0 Å². The number of hydrogen-bond acceptors (Lipinski definition) is 5. The first-order valence-corrected chi connectivity index (χ1v) is 6.14. The van der Waals surface area contributed by atoms with Crippen LogP contribution in [0.15, 0.2) is 47.5 Å². The molecule has 0 spiro atoms. The van der Waals surface area contributed by atoms with E-state index < -0.39 is 0 Å². The van der Waals surface area contributed by atoms with Crippen molar-refractivity contribution in [3.63, 3.8) is 0 Å². The number of rotatable bonds is 4. The van der Waals surface area contributed by atoms with Gasteiger partial charge in [0.2, 0.25) is 0 Å². The Morgan fingerprint density at radius 1 is 1.05 bits per heavy atom. The van der Waals surface area contributed by atoms with Gasteiger partial charge in [0, 0.05) is 12.4 Å². The average molecular weight is 268 g/mol. The van der Waals surface area contributed by atoms with Crippen LogP contribution >= 0.6 is 0 Å². The minimum absolute atomic E-state index is 0.219. The van der Waals surface area contributed by atoms with Gasteiger partial charge in [-0.2, -0.15) is 0 Å². The van der Waals surface area contributed by atoms with E-state index in [4.69, 9.17) is 4.74 Å². The van der Waals surface area contributed by atoms with Crippen LogP contribution < -0.4 is 5.56 Å². The number of ether oxygens (including phenoxy) is 1. The molecule has 0 atom stereocenters. The Labute approximate surface area is 114 Å². The highest BCUT2D eigenvalue weighted by molar-refractivity contribution is 5.67. The molecule has 0 fully saturated rings. The molecule has 20 heavy (non-hydrogen) atoms. The Morgan fingerprint density at radius 3 is 2.70 bits per heavy atom. The lowest BCUT2D eigenvalue weighted by atomic mass is 10.2. The molecule has 1 N–H and O–H groups in total. The highest BCUT2D eigenvalue weighted by Gasteiger charge is 2.05. The lowest BCUT2D eigenvalue weighted by Gasteiger charge is -2.04. The number of aromatic nitrogens is 4. The van der Waals surface area contributed by atoms with Crippen LogP contribution in [0, 0.1) is 0 Å². The Kier molecular flexibility index (Phi) is 3.47. The zero-order valence-electron chi connectivity index (χ0n) is 10.6. The summed E-state index contributed by atoms with van der Waals surface area (Å²) in [5.41, 5.74) is 1.32. The molecule has 0 aliphatic heterocycles. The Morgan fingerprint density at radius 2 is 1.85 bits per heavy atom. The number of nitrogens with one attached hydrogen (secondary N) is 1.